The van der Waals surface area contributed by atoms with E-state index in [4.69, 9.17) is 9.72 Å². The summed E-state index contributed by atoms with van der Waals surface area (Å²) in [5.41, 5.74) is 2.27. The normalized spacial score (nSPS) is 23.3. The zero-order valence-electron chi connectivity index (χ0n) is 21.7. The maximum absolute atomic E-state index is 14.1. The lowest BCUT2D eigenvalue weighted by atomic mass is 9.80. The predicted molar refractivity (Wildman–Crippen MR) is 152 cm³/mol. The minimum atomic E-state index is -1.00. The number of benzene rings is 1. The first kappa shape index (κ1) is 30.1. The number of amides is 1. The molecule has 1 saturated carbocycles. The summed E-state index contributed by atoms with van der Waals surface area (Å²) in [5.74, 6) is -0.0701. The van der Waals surface area contributed by atoms with E-state index in [-0.39, 0.29) is 49.4 Å². The van der Waals surface area contributed by atoms with E-state index in [1.807, 2.05) is 51.9 Å². The van der Waals surface area contributed by atoms with Crippen molar-refractivity contribution in [1.29, 1.82) is 0 Å². The Hall–Kier alpha value is -2.49. The van der Waals surface area contributed by atoms with Gasteiger partial charge in [0.15, 0.2) is 5.69 Å². The smallest absolute Gasteiger partial charge is 0.275 e. The van der Waals surface area contributed by atoms with Crippen LogP contribution in [-0.2, 0) is 11.2 Å². The van der Waals surface area contributed by atoms with Crippen molar-refractivity contribution < 1.29 is 14.6 Å². The third-order valence-corrected chi connectivity index (χ3v) is 7.56. The molecular weight excluding hydrogens is 525 g/mol. The topological polar surface area (TPSA) is 92.5 Å². The average Bonchev–Trinajstić information content (AvgIpc) is 3.35. The van der Waals surface area contributed by atoms with Crippen LogP contribution in [0, 0.1) is 0 Å². The van der Waals surface area contributed by atoms with E-state index in [1.54, 1.807) is 25.8 Å². The van der Waals surface area contributed by atoms with Crippen molar-refractivity contribution in [1.82, 2.24) is 24.8 Å². The molecule has 206 valence electrons. The molecule has 0 spiro atoms. The van der Waals surface area contributed by atoms with Gasteiger partial charge in [-0.2, -0.15) is 0 Å². The second-order valence-electron chi connectivity index (χ2n) is 9.93. The Balaban J connectivity index is 0.00000200. The van der Waals surface area contributed by atoms with E-state index in [1.165, 1.54) is 0 Å². The summed E-state index contributed by atoms with van der Waals surface area (Å²) in [6.07, 6.45) is 9.50. The summed E-state index contributed by atoms with van der Waals surface area (Å²) in [6, 6.07) is 13.7. The standard InChI is InChI=1S/C28H35N5O3.2ClH/c1-36-19-28(35)12-6-5-9-24(28)33-20-31-25(26(33)22-7-3-2-4-8-22)27(34)32-16-15-30-18-23(32)17-21-10-13-29-14-11-21;;/h2-4,7-8,10-11,13-14,20,23-24,30,35H,5-6,9,12,15-19H2,1H3;2*1H/t23-,24-,28-;;/m1../s1. The molecule has 3 aromatic rings. The molecule has 10 heteroatoms. The number of imidazole rings is 1. The molecule has 1 aliphatic carbocycles. The summed E-state index contributed by atoms with van der Waals surface area (Å²) in [7, 11) is 1.62. The molecule has 0 radical (unpaired) electrons. The van der Waals surface area contributed by atoms with Crippen molar-refractivity contribution in [3.8, 4) is 11.3 Å². The van der Waals surface area contributed by atoms with Crippen molar-refractivity contribution >= 4 is 30.7 Å². The molecule has 3 atom stereocenters. The number of hydrogen-bond donors (Lipinski definition) is 2. The predicted octanol–water partition coefficient (Wildman–Crippen LogP) is 3.94. The molecule has 8 nitrogen and oxygen atoms in total. The number of carbonyl (C=O) groups excluding carboxylic acids is 1. The van der Waals surface area contributed by atoms with E-state index in [0.717, 1.165) is 55.6 Å². The van der Waals surface area contributed by atoms with Crippen LogP contribution in [0.25, 0.3) is 11.3 Å². The van der Waals surface area contributed by atoms with Gasteiger partial charge < -0.3 is 24.6 Å². The fourth-order valence-corrected chi connectivity index (χ4v) is 5.79. The van der Waals surface area contributed by atoms with Gasteiger partial charge in [-0.1, -0.05) is 43.2 Å². The lowest BCUT2D eigenvalue weighted by Crippen LogP contribution is -2.54. The maximum Gasteiger partial charge on any atom is 0.275 e. The Morgan fingerprint density at radius 2 is 1.92 bits per heavy atom. The summed E-state index contributed by atoms with van der Waals surface area (Å²) in [5, 5.41) is 15.0. The Bertz CT molecular complexity index is 1160. The number of carbonyl (C=O) groups is 1. The van der Waals surface area contributed by atoms with E-state index in [2.05, 4.69) is 10.3 Å². The van der Waals surface area contributed by atoms with Gasteiger partial charge in [-0.15, -0.1) is 24.8 Å². The van der Waals surface area contributed by atoms with Crippen LogP contribution in [0.15, 0.2) is 61.2 Å². The highest BCUT2D eigenvalue weighted by Gasteiger charge is 2.42. The number of methoxy groups -OCH3 is 1. The molecular formula is C28H37Cl2N5O3. The minimum absolute atomic E-state index is 0. The van der Waals surface area contributed by atoms with E-state index >= 15 is 0 Å². The number of aliphatic hydroxyl groups is 1. The highest BCUT2D eigenvalue weighted by atomic mass is 35.5. The first-order chi connectivity index (χ1) is 17.6. The highest BCUT2D eigenvalue weighted by Crippen LogP contribution is 2.41. The minimum Gasteiger partial charge on any atom is -0.385 e. The van der Waals surface area contributed by atoms with Crippen LogP contribution in [0.4, 0.5) is 0 Å². The number of nitrogens with one attached hydrogen (secondary N) is 1. The molecule has 2 aliphatic rings. The lowest BCUT2D eigenvalue weighted by Gasteiger charge is -2.41. The molecule has 3 heterocycles. The zero-order valence-corrected chi connectivity index (χ0v) is 23.3. The van der Waals surface area contributed by atoms with Crippen LogP contribution in [0.1, 0.15) is 47.8 Å². The molecule has 1 saturated heterocycles. The third-order valence-electron chi connectivity index (χ3n) is 7.56. The zero-order chi connectivity index (χ0) is 25.0. The third kappa shape index (κ3) is 6.21. The number of rotatable bonds is 7. The van der Waals surface area contributed by atoms with Crippen LogP contribution < -0.4 is 5.32 Å². The largest absolute Gasteiger partial charge is 0.385 e. The SMILES string of the molecule is COC[C@]1(O)CCCC[C@H]1n1cnc(C(=O)N2CCNC[C@H]2Cc2ccncc2)c1-c1ccccc1.Cl.Cl. The molecule has 0 bridgehead atoms. The van der Waals surface area contributed by atoms with Crippen molar-refractivity contribution in [3.63, 3.8) is 0 Å². The second-order valence-corrected chi connectivity index (χ2v) is 9.93. The summed E-state index contributed by atoms with van der Waals surface area (Å²) >= 11 is 0. The van der Waals surface area contributed by atoms with Gasteiger partial charge in [0.25, 0.3) is 5.91 Å². The Morgan fingerprint density at radius 3 is 2.66 bits per heavy atom. The number of halogens is 2. The molecule has 0 unspecified atom stereocenters. The van der Waals surface area contributed by atoms with Crippen LogP contribution in [0.5, 0.6) is 0 Å². The van der Waals surface area contributed by atoms with Gasteiger partial charge in [0.1, 0.15) is 5.60 Å². The highest BCUT2D eigenvalue weighted by molar-refractivity contribution is 5.98. The van der Waals surface area contributed by atoms with Gasteiger partial charge in [0, 0.05) is 50.7 Å². The number of aromatic nitrogens is 3. The lowest BCUT2D eigenvalue weighted by molar-refractivity contribution is -0.0893. The fraction of sp³-hybridized carbons (Fsp3) is 0.464. The quantitative estimate of drug-likeness (QED) is 0.454. The van der Waals surface area contributed by atoms with Gasteiger partial charge >= 0.3 is 0 Å². The number of piperazine rings is 1. The summed E-state index contributed by atoms with van der Waals surface area (Å²) in [4.78, 5) is 24.9. The number of nitrogens with zero attached hydrogens (tertiary/aromatic N) is 4. The molecule has 2 aromatic heterocycles. The number of ether oxygens (including phenoxy) is 1. The molecule has 1 aromatic carbocycles. The first-order valence-corrected chi connectivity index (χ1v) is 12.8. The van der Waals surface area contributed by atoms with E-state index in [0.29, 0.717) is 18.7 Å². The Kier molecular flexibility index (Phi) is 10.7. The van der Waals surface area contributed by atoms with Crippen LogP contribution in [0.2, 0.25) is 0 Å². The number of pyridine rings is 1. The Labute approximate surface area is 236 Å². The molecule has 5 rings (SSSR count). The van der Waals surface area contributed by atoms with Crippen LogP contribution in [-0.4, -0.2) is 75.4 Å². The molecule has 1 aliphatic heterocycles. The maximum atomic E-state index is 14.1. The first-order valence-electron chi connectivity index (χ1n) is 12.8. The molecule has 1 amide bonds. The van der Waals surface area contributed by atoms with Crippen molar-refractivity contribution in [2.45, 2.75) is 49.8 Å². The van der Waals surface area contributed by atoms with Gasteiger partial charge in [-0.3, -0.25) is 9.78 Å². The second kappa shape index (κ2) is 13.5. The van der Waals surface area contributed by atoms with Gasteiger partial charge in [0.2, 0.25) is 0 Å². The average molecular weight is 563 g/mol. The monoisotopic (exact) mass is 561 g/mol. The van der Waals surface area contributed by atoms with Gasteiger partial charge in [-0.25, -0.2) is 4.98 Å². The van der Waals surface area contributed by atoms with Crippen LogP contribution in [0.3, 0.4) is 0 Å². The fourth-order valence-electron chi connectivity index (χ4n) is 5.79. The van der Waals surface area contributed by atoms with E-state index in [9.17, 15) is 9.90 Å². The van der Waals surface area contributed by atoms with Gasteiger partial charge in [0.05, 0.1) is 24.7 Å². The Morgan fingerprint density at radius 1 is 1.16 bits per heavy atom. The van der Waals surface area contributed by atoms with E-state index < -0.39 is 5.60 Å². The molecule has 2 N–H and O–H groups in total. The van der Waals surface area contributed by atoms with Gasteiger partial charge in [-0.05, 0) is 37.0 Å². The van der Waals surface area contributed by atoms with Crippen molar-refractivity contribution in [2.75, 3.05) is 33.4 Å². The summed E-state index contributed by atoms with van der Waals surface area (Å²) in [6.45, 7) is 2.34. The van der Waals surface area contributed by atoms with Crippen molar-refractivity contribution in [2.24, 2.45) is 0 Å². The molecule has 2 fully saturated rings. The summed E-state index contributed by atoms with van der Waals surface area (Å²) < 4.78 is 7.46. The van der Waals surface area contributed by atoms with Crippen LogP contribution >= 0.6 is 24.8 Å². The number of hydrogen-bond acceptors (Lipinski definition) is 6. The van der Waals surface area contributed by atoms with Crippen molar-refractivity contribution in [3.05, 3.63) is 72.4 Å². The molecule has 38 heavy (non-hydrogen) atoms.